The van der Waals surface area contributed by atoms with Crippen LogP contribution < -0.4 is 9.47 Å². The Balaban J connectivity index is 1.91. The largest absolute Gasteiger partial charge is 0.493 e. The first-order valence-electron chi connectivity index (χ1n) is 8.00. The first kappa shape index (κ1) is 17.3. The number of halogens is 1. The standard InChI is InChI=1S/C18H20BrNO3S/c1-3-23-17-13(19)10-12(11-15(17)22-2)18(21)20-8-4-6-14(20)16-7-5-9-24-16/h5,7,9-11,14H,3-4,6,8H2,1-2H3. The van der Waals surface area contributed by atoms with Crippen LogP contribution in [0.1, 0.15) is 41.0 Å². The smallest absolute Gasteiger partial charge is 0.254 e. The van der Waals surface area contributed by atoms with Crippen molar-refractivity contribution in [2.24, 2.45) is 0 Å². The maximum atomic E-state index is 13.1. The van der Waals surface area contributed by atoms with Gasteiger partial charge in [0, 0.05) is 17.0 Å². The lowest BCUT2D eigenvalue weighted by molar-refractivity contribution is 0.0737. The third kappa shape index (κ3) is 3.30. The fourth-order valence-corrected chi connectivity index (χ4v) is 4.51. The van der Waals surface area contributed by atoms with Crippen LogP contribution in [0.25, 0.3) is 0 Å². The maximum absolute atomic E-state index is 13.1. The Morgan fingerprint density at radius 1 is 1.46 bits per heavy atom. The summed E-state index contributed by atoms with van der Waals surface area (Å²) in [5.41, 5.74) is 0.616. The van der Waals surface area contributed by atoms with Crippen molar-refractivity contribution in [1.29, 1.82) is 0 Å². The van der Waals surface area contributed by atoms with Crippen molar-refractivity contribution in [3.8, 4) is 11.5 Å². The summed E-state index contributed by atoms with van der Waals surface area (Å²) in [6.45, 7) is 3.24. The van der Waals surface area contributed by atoms with Gasteiger partial charge >= 0.3 is 0 Å². The SMILES string of the molecule is CCOc1c(Br)cc(C(=O)N2CCCC2c2cccs2)cc1OC. The molecule has 1 aliphatic heterocycles. The predicted octanol–water partition coefficient (Wildman–Crippen LogP) is 4.90. The van der Waals surface area contributed by atoms with E-state index in [1.807, 2.05) is 24.0 Å². The number of carbonyl (C=O) groups is 1. The third-order valence-corrected chi connectivity index (χ3v) is 5.71. The number of ether oxygens (including phenoxy) is 2. The molecule has 1 aliphatic rings. The van der Waals surface area contributed by atoms with Gasteiger partial charge in [-0.1, -0.05) is 6.07 Å². The fourth-order valence-electron chi connectivity index (χ4n) is 3.08. The number of likely N-dealkylation sites (tertiary alicyclic amines) is 1. The zero-order valence-corrected chi connectivity index (χ0v) is 16.2. The van der Waals surface area contributed by atoms with E-state index in [0.717, 1.165) is 23.9 Å². The van der Waals surface area contributed by atoms with Crippen LogP contribution in [-0.4, -0.2) is 31.1 Å². The highest BCUT2D eigenvalue weighted by molar-refractivity contribution is 9.10. The molecule has 128 valence electrons. The highest BCUT2D eigenvalue weighted by Gasteiger charge is 2.32. The summed E-state index contributed by atoms with van der Waals surface area (Å²) in [5, 5.41) is 2.06. The van der Waals surface area contributed by atoms with E-state index in [4.69, 9.17) is 9.47 Å². The van der Waals surface area contributed by atoms with E-state index in [1.54, 1.807) is 24.5 Å². The minimum absolute atomic E-state index is 0.0351. The Morgan fingerprint density at radius 2 is 2.29 bits per heavy atom. The Morgan fingerprint density at radius 3 is 2.96 bits per heavy atom. The van der Waals surface area contributed by atoms with Gasteiger partial charge in [0.2, 0.25) is 0 Å². The third-order valence-electron chi connectivity index (χ3n) is 4.15. The topological polar surface area (TPSA) is 38.8 Å². The first-order valence-corrected chi connectivity index (χ1v) is 9.67. The Hall–Kier alpha value is -1.53. The predicted molar refractivity (Wildman–Crippen MR) is 99.2 cm³/mol. The van der Waals surface area contributed by atoms with Crippen LogP contribution in [0.15, 0.2) is 34.1 Å². The number of thiophene rings is 1. The van der Waals surface area contributed by atoms with Gasteiger partial charge in [0.15, 0.2) is 11.5 Å². The van der Waals surface area contributed by atoms with Crippen molar-refractivity contribution in [3.63, 3.8) is 0 Å². The molecule has 0 aliphatic carbocycles. The van der Waals surface area contributed by atoms with E-state index in [0.29, 0.717) is 23.7 Å². The molecule has 1 unspecified atom stereocenters. The summed E-state index contributed by atoms with van der Waals surface area (Å²) < 4.78 is 11.7. The normalized spacial score (nSPS) is 17.1. The van der Waals surface area contributed by atoms with Crippen molar-refractivity contribution >= 4 is 33.2 Å². The number of hydrogen-bond acceptors (Lipinski definition) is 4. The highest BCUT2D eigenvalue weighted by atomic mass is 79.9. The van der Waals surface area contributed by atoms with Gasteiger partial charge in [0.05, 0.1) is 24.2 Å². The van der Waals surface area contributed by atoms with Crippen molar-refractivity contribution in [1.82, 2.24) is 4.90 Å². The number of benzene rings is 1. The van der Waals surface area contributed by atoms with Gasteiger partial charge in [-0.05, 0) is 59.3 Å². The van der Waals surface area contributed by atoms with Crippen molar-refractivity contribution < 1.29 is 14.3 Å². The number of methoxy groups -OCH3 is 1. The van der Waals surface area contributed by atoms with Crippen LogP contribution in [0.5, 0.6) is 11.5 Å². The Labute approximate surface area is 154 Å². The molecule has 3 rings (SSSR count). The molecule has 1 aromatic carbocycles. The van der Waals surface area contributed by atoms with Gasteiger partial charge in [-0.3, -0.25) is 4.79 Å². The molecule has 1 fully saturated rings. The zero-order valence-electron chi connectivity index (χ0n) is 13.8. The molecule has 2 aromatic rings. The molecular weight excluding hydrogens is 390 g/mol. The number of hydrogen-bond donors (Lipinski definition) is 0. The number of carbonyl (C=O) groups excluding carboxylic acids is 1. The molecule has 4 nitrogen and oxygen atoms in total. The molecule has 1 aromatic heterocycles. The van der Waals surface area contributed by atoms with Crippen LogP contribution in [0.4, 0.5) is 0 Å². The average molecular weight is 410 g/mol. The monoisotopic (exact) mass is 409 g/mol. The van der Waals surface area contributed by atoms with Gasteiger partial charge in [-0.25, -0.2) is 0 Å². The lowest BCUT2D eigenvalue weighted by Gasteiger charge is -2.24. The Bertz CT molecular complexity index is 717. The summed E-state index contributed by atoms with van der Waals surface area (Å²) in [5.74, 6) is 1.24. The van der Waals surface area contributed by atoms with Crippen LogP contribution in [0, 0.1) is 0 Å². The summed E-state index contributed by atoms with van der Waals surface area (Å²) in [4.78, 5) is 16.3. The summed E-state index contributed by atoms with van der Waals surface area (Å²) in [7, 11) is 1.59. The van der Waals surface area contributed by atoms with Crippen LogP contribution in [0.2, 0.25) is 0 Å². The number of amides is 1. The fraction of sp³-hybridized carbons (Fsp3) is 0.389. The molecule has 24 heavy (non-hydrogen) atoms. The van der Waals surface area contributed by atoms with E-state index in [1.165, 1.54) is 4.88 Å². The molecule has 0 spiro atoms. The average Bonchev–Trinajstić information content (AvgIpc) is 3.26. The van der Waals surface area contributed by atoms with Crippen LogP contribution in [-0.2, 0) is 0 Å². The van der Waals surface area contributed by atoms with Gasteiger partial charge in [0.25, 0.3) is 5.91 Å². The molecule has 0 bridgehead atoms. The highest BCUT2D eigenvalue weighted by Crippen LogP contribution is 2.39. The summed E-state index contributed by atoms with van der Waals surface area (Å²) in [6.07, 6.45) is 2.05. The van der Waals surface area contributed by atoms with E-state index in [2.05, 4.69) is 27.4 Å². The quantitative estimate of drug-likeness (QED) is 0.704. The molecular formula is C18H20BrNO3S. The lowest BCUT2D eigenvalue weighted by Crippen LogP contribution is -2.30. The molecule has 1 amide bonds. The van der Waals surface area contributed by atoms with Crippen molar-refractivity contribution in [3.05, 3.63) is 44.6 Å². The van der Waals surface area contributed by atoms with Crippen LogP contribution in [0.3, 0.4) is 0 Å². The second-order valence-corrected chi connectivity index (χ2v) is 7.43. The van der Waals surface area contributed by atoms with E-state index in [9.17, 15) is 4.79 Å². The maximum Gasteiger partial charge on any atom is 0.254 e. The molecule has 2 heterocycles. The number of rotatable bonds is 5. The summed E-state index contributed by atoms with van der Waals surface area (Å²) >= 11 is 5.21. The minimum atomic E-state index is 0.0351. The van der Waals surface area contributed by atoms with Gasteiger partial charge in [-0.2, -0.15) is 0 Å². The molecule has 1 saturated heterocycles. The summed E-state index contributed by atoms with van der Waals surface area (Å²) in [6, 6.07) is 7.91. The molecule has 0 saturated carbocycles. The minimum Gasteiger partial charge on any atom is -0.493 e. The van der Waals surface area contributed by atoms with E-state index >= 15 is 0 Å². The lowest BCUT2D eigenvalue weighted by atomic mass is 10.1. The second-order valence-electron chi connectivity index (χ2n) is 5.59. The van der Waals surface area contributed by atoms with Gasteiger partial charge < -0.3 is 14.4 Å². The number of nitrogens with zero attached hydrogens (tertiary/aromatic N) is 1. The molecule has 0 N–H and O–H groups in total. The molecule has 1 atom stereocenters. The van der Waals surface area contributed by atoms with Crippen molar-refractivity contribution in [2.75, 3.05) is 20.3 Å². The first-order chi connectivity index (χ1) is 11.7. The second kappa shape index (κ2) is 7.57. The van der Waals surface area contributed by atoms with Crippen LogP contribution >= 0.6 is 27.3 Å². The van der Waals surface area contributed by atoms with E-state index in [-0.39, 0.29) is 11.9 Å². The Kier molecular flexibility index (Phi) is 5.46. The molecule has 0 radical (unpaired) electrons. The van der Waals surface area contributed by atoms with Gasteiger partial charge in [-0.15, -0.1) is 11.3 Å². The zero-order chi connectivity index (χ0) is 17.1. The van der Waals surface area contributed by atoms with Gasteiger partial charge in [0.1, 0.15) is 0 Å². The van der Waals surface area contributed by atoms with E-state index < -0.39 is 0 Å². The van der Waals surface area contributed by atoms with Crippen molar-refractivity contribution in [2.45, 2.75) is 25.8 Å². The molecule has 6 heteroatoms.